The van der Waals surface area contributed by atoms with Gasteiger partial charge in [-0.25, -0.2) is 0 Å². The van der Waals surface area contributed by atoms with Crippen LogP contribution in [0.25, 0.3) is 0 Å². The summed E-state index contributed by atoms with van der Waals surface area (Å²) in [6.45, 7) is 0.949. The van der Waals surface area contributed by atoms with Gasteiger partial charge in [-0.05, 0) is 0 Å². The van der Waals surface area contributed by atoms with Crippen molar-refractivity contribution in [2.24, 2.45) is 0 Å². The van der Waals surface area contributed by atoms with Crippen molar-refractivity contribution in [3.8, 4) is 0 Å². The maximum atomic E-state index is 12.4. The minimum atomic E-state index is -0.655. The highest BCUT2D eigenvalue weighted by atomic mass is 16.5. The Bertz CT molecular complexity index is 435. The predicted molar refractivity (Wildman–Crippen MR) is 77.1 cm³/mol. The maximum Gasteiger partial charge on any atom is 0.307 e. The normalized spacial score (nSPS) is 11.9. The zero-order valence-electron chi connectivity index (χ0n) is 12.1. The Morgan fingerprint density at radius 3 is 2.57 bits per heavy atom. The van der Waals surface area contributed by atoms with Crippen LogP contribution in [0.5, 0.6) is 0 Å². The number of nitrogens with one attached hydrogen (secondary N) is 1. The van der Waals surface area contributed by atoms with Crippen LogP contribution in [0, 0.1) is 0 Å². The van der Waals surface area contributed by atoms with E-state index in [0.29, 0.717) is 18.7 Å². The second-order valence-electron chi connectivity index (χ2n) is 4.35. The van der Waals surface area contributed by atoms with Gasteiger partial charge in [0, 0.05) is 12.1 Å². The van der Waals surface area contributed by atoms with Gasteiger partial charge >= 0.3 is 5.97 Å². The molecule has 2 N–H and O–H groups in total. The van der Waals surface area contributed by atoms with E-state index in [4.69, 9.17) is 9.84 Å². The third-order valence-corrected chi connectivity index (χ3v) is 2.85. The number of hydrogen-bond donors (Lipinski definition) is 2. The molecule has 1 rings (SSSR count). The summed E-state index contributed by atoms with van der Waals surface area (Å²) in [5.41, 5.74) is 0.537. The van der Waals surface area contributed by atoms with Gasteiger partial charge in [0.2, 0.25) is 0 Å². The Hall–Kier alpha value is -1.76. The Morgan fingerprint density at radius 1 is 1.24 bits per heavy atom. The third kappa shape index (κ3) is 6.48. The number of rotatable bonds is 10. The van der Waals surface area contributed by atoms with Gasteiger partial charge in [0.05, 0.1) is 39.4 Å². The van der Waals surface area contributed by atoms with E-state index in [1.54, 1.807) is 24.3 Å². The molecule has 0 aliphatic carbocycles. The van der Waals surface area contributed by atoms with E-state index in [9.17, 15) is 9.59 Å². The molecule has 0 aliphatic heterocycles. The smallest absolute Gasteiger partial charge is 0.307 e. The fourth-order valence-corrected chi connectivity index (χ4v) is 1.78. The summed E-state index contributed by atoms with van der Waals surface area (Å²) >= 11 is 0. The summed E-state index contributed by atoms with van der Waals surface area (Å²) < 4.78 is 9.73. The Morgan fingerprint density at radius 2 is 1.95 bits per heavy atom. The molecule has 0 aliphatic rings. The SMILES string of the molecule is COC(=O)CC(NCCOCCO)C(=O)c1ccccc1. The summed E-state index contributed by atoms with van der Waals surface area (Å²) in [6, 6.07) is 8.12. The Kier molecular flexibility index (Phi) is 8.27. The van der Waals surface area contributed by atoms with E-state index in [1.807, 2.05) is 6.07 Å². The molecule has 1 atom stereocenters. The number of hydrogen-bond acceptors (Lipinski definition) is 6. The lowest BCUT2D eigenvalue weighted by Gasteiger charge is -2.16. The van der Waals surface area contributed by atoms with Crippen molar-refractivity contribution < 1.29 is 24.2 Å². The molecule has 1 unspecified atom stereocenters. The van der Waals surface area contributed by atoms with Crippen LogP contribution in [0.4, 0.5) is 0 Å². The molecule has 0 bridgehead atoms. The van der Waals surface area contributed by atoms with Crippen molar-refractivity contribution in [1.82, 2.24) is 5.32 Å². The minimum absolute atomic E-state index is 0.0375. The molecule has 0 spiro atoms. The van der Waals surface area contributed by atoms with Crippen LogP contribution < -0.4 is 5.32 Å². The van der Waals surface area contributed by atoms with Crippen LogP contribution in [0.1, 0.15) is 16.8 Å². The number of aliphatic hydroxyl groups is 1. The van der Waals surface area contributed by atoms with E-state index in [0.717, 1.165) is 0 Å². The van der Waals surface area contributed by atoms with E-state index >= 15 is 0 Å². The van der Waals surface area contributed by atoms with Gasteiger partial charge in [-0.2, -0.15) is 0 Å². The predicted octanol–water partition coefficient (Wildman–Crippen LogP) is 0.400. The van der Waals surface area contributed by atoms with Crippen molar-refractivity contribution >= 4 is 11.8 Å². The van der Waals surface area contributed by atoms with Crippen LogP contribution in [-0.2, 0) is 14.3 Å². The van der Waals surface area contributed by atoms with E-state index in [2.05, 4.69) is 10.1 Å². The van der Waals surface area contributed by atoms with Crippen LogP contribution >= 0.6 is 0 Å². The van der Waals surface area contributed by atoms with Crippen molar-refractivity contribution in [2.75, 3.05) is 33.5 Å². The van der Waals surface area contributed by atoms with Gasteiger partial charge in [-0.15, -0.1) is 0 Å². The number of esters is 1. The molecule has 0 saturated carbocycles. The van der Waals surface area contributed by atoms with Crippen molar-refractivity contribution in [1.29, 1.82) is 0 Å². The first-order chi connectivity index (χ1) is 10.2. The molecular weight excluding hydrogens is 274 g/mol. The maximum absolute atomic E-state index is 12.4. The largest absolute Gasteiger partial charge is 0.469 e. The number of carbonyl (C=O) groups excluding carboxylic acids is 2. The second kappa shape index (κ2) is 10.0. The van der Waals surface area contributed by atoms with Gasteiger partial charge in [0.1, 0.15) is 0 Å². The molecule has 1 aromatic rings. The van der Waals surface area contributed by atoms with Gasteiger partial charge < -0.3 is 19.9 Å². The van der Waals surface area contributed by atoms with E-state index in [1.165, 1.54) is 7.11 Å². The highest BCUT2D eigenvalue weighted by molar-refractivity contribution is 6.01. The first-order valence-corrected chi connectivity index (χ1v) is 6.77. The summed E-state index contributed by atoms with van der Waals surface area (Å²) in [6.07, 6.45) is -0.0375. The van der Waals surface area contributed by atoms with Crippen LogP contribution in [-0.4, -0.2) is 56.4 Å². The molecular formula is C15H21NO5. The van der Waals surface area contributed by atoms with Crippen LogP contribution in [0.3, 0.4) is 0 Å². The number of ketones is 1. The lowest BCUT2D eigenvalue weighted by molar-refractivity contribution is -0.141. The van der Waals surface area contributed by atoms with Gasteiger partial charge in [0.25, 0.3) is 0 Å². The molecule has 21 heavy (non-hydrogen) atoms. The van der Waals surface area contributed by atoms with Crippen LogP contribution in [0.2, 0.25) is 0 Å². The minimum Gasteiger partial charge on any atom is -0.469 e. The quantitative estimate of drug-likeness (QED) is 0.369. The molecule has 1 aromatic carbocycles. The summed E-state index contributed by atoms with van der Waals surface area (Å²) in [5.74, 6) is -0.615. The zero-order chi connectivity index (χ0) is 15.5. The average molecular weight is 295 g/mol. The molecule has 0 aromatic heterocycles. The highest BCUT2D eigenvalue weighted by Gasteiger charge is 2.22. The second-order valence-corrected chi connectivity index (χ2v) is 4.35. The van der Waals surface area contributed by atoms with Gasteiger partial charge in [-0.3, -0.25) is 9.59 Å². The monoisotopic (exact) mass is 295 g/mol. The lowest BCUT2D eigenvalue weighted by Crippen LogP contribution is -2.40. The van der Waals surface area contributed by atoms with Crippen LogP contribution in [0.15, 0.2) is 30.3 Å². The number of benzene rings is 1. The number of methoxy groups -OCH3 is 1. The van der Waals surface area contributed by atoms with Gasteiger partial charge in [-0.1, -0.05) is 30.3 Å². The summed E-state index contributed by atoms with van der Waals surface area (Å²) in [7, 11) is 1.29. The summed E-state index contributed by atoms with van der Waals surface area (Å²) in [5, 5.41) is 11.6. The highest BCUT2D eigenvalue weighted by Crippen LogP contribution is 2.07. The molecule has 0 amide bonds. The molecule has 116 valence electrons. The molecule has 0 saturated heterocycles. The molecule has 6 nitrogen and oxygen atoms in total. The molecule has 6 heteroatoms. The van der Waals surface area contributed by atoms with Gasteiger partial charge in [0.15, 0.2) is 5.78 Å². The summed E-state index contributed by atoms with van der Waals surface area (Å²) in [4.78, 5) is 23.8. The van der Waals surface area contributed by atoms with E-state index in [-0.39, 0.29) is 25.4 Å². The number of ether oxygens (including phenoxy) is 2. The lowest BCUT2D eigenvalue weighted by atomic mass is 10.0. The Balaban J connectivity index is 2.59. The standard InChI is InChI=1S/C15H21NO5/c1-20-14(18)11-13(16-7-9-21-10-8-17)15(19)12-5-3-2-4-6-12/h2-6,13,16-17H,7-11H2,1H3. The third-order valence-electron chi connectivity index (χ3n) is 2.85. The topological polar surface area (TPSA) is 84.9 Å². The zero-order valence-corrected chi connectivity index (χ0v) is 12.1. The van der Waals surface area contributed by atoms with E-state index < -0.39 is 12.0 Å². The fourth-order valence-electron chi connectivity index (χ4n) is 1.78. The molecule has 0 radical (unpaired) electrons. The van der Waals surface area contributed by atoms with Crippen molar-refractivity contribution in [3.63, 3.8) is 0 Å². The first kappa shape index (κ1) is 17.3. The fraction of sp³-hybridized carbons (Fsp3) is 0.467. The first-order valence-electron chi connectivity index (χ1n) is 6.77. The Labute approximate surface area is 124 Å². The average Bonchev–Trinajstić information content (AvgIpc) is 2.53. The van der Waals surface area contributed by atoms with Crippen molar-refractivity contribution in [2.45, 2.75) is 12.5 Å². The number of Topliss-reactive ketones (excluding diaryl/α,β-unsaturated/α-hetero) is 1. The van der Waals surface area contributed by atoms with Crippen molar-refractivity contribution in [3.05, 3.63) is 35.9 Å². The molecule has 0 heterocycles. The number of carbonyl (C=O) groups is 2. The number of aliphatic hydroxyl groups excluding tert-OH is 1. The molecule has 0 fully saturated rings.